The van der Waals surface area contributed by atoms with Gasteiger partial charge in [-0.15, -0.1) is 0 Å². The molecule has 0 fully saturated rings. The molecule has 2 heterocycles. The molecule has 1 aliphatic rings. The zero-order valence-corrected chi connectivity index (χ0v) is 19.0. The van der Waals surface area contributed by atoms with Crippen LogP contribution in [0.3, 0.4) is 0 Å². The fraction of sp³-hybridized carbons (Fsp3) is 0.0333. The van der Waals surface area contributed by atoms with Crippen molar-refractivity contribution >= 4 is 11.8 Å². The Labute approximate surface area is 198 Å². The number of benzene rings is 4. The van der Waals surface area contributed by atoms with E-state index in [9.17, 15) is 0 Å². The van der Waals surface area contributed by atoms with E-state index >= 15 is 0 Å². The molecule has 1 aromatic heterocycles. The summed E-state index contributed by atoms with van der Waals surface area (Å²) in [6.45, 7) is 2.18. The molecular formula is C30H22NOS+. The van der Waals surface area contributed by atoms with Crippen molar-refractivity contribution in [1.29, 1.82) is 0 Å². The monoisotopic (exact) mass is 444 g/mol. The van der Waals surface area contributed by atoms with Gasteiger partial charge in [-0.05, 0) is 41.5 Å². The topological polar surface area (TPSA) is 13.1 Å². The Hall–Kier alpha value is -3.82. The Morgan fingerprint density at radius 1 is 0.576 bits per heavy atom. The normalized spacial score (nSPS) is 11.9. The first kappa shape index (κ1) is 19.8. The summed E-state index contributed by atoms with van der Waals surface area (Å²) in [6, 6.07) is 40.4. The maximum atomic E-state index is 6.16. The van der Waals surface area contributed by atoms with E-state index in [-0.39, 0.29) is 0 Å². The molecule has 3 heteroatoms. The highest BCUT2D eigenvalue weighted by Gasteiger charge is 2.24. The van der Waals surface area contributed by atoms with E-state index in [0.717, 1.165) is 32.7 Å². The van der Waals surface area contributed by atoms with Gasteiger partial charge in [0.05, 0.1) is 9.79 Å². The van der Waals surface area contributed by atoms with Crippen LogP contribution >= 0.6 is 11.8 Å². The van der Waals surface area contributed by atoms with Crippen molar-refractivity contribution in [2.24, 2.45) is 0 Å². The van der Waals surface area contributed by atoms with Gasteiger partial charge in [0.25, 0.3) is 0 Å². The molecule has 0 N–H and O–H groups in total. The van der Waals surface area contributed by atoms with Crippen LogP contribution in [0.25, 0.3) is 28.1 Å². The second-order valence-electron chi connectivity index (χ2n) is 8.12. The highest BCUT2D eigenvalue weighted by Crippen LogP contribution is 2.47. The minimum atomic E-state index is 0.905. The maximum absolute atomic E-state index is 6.16. The minimum absolute atomic E-state index is 0.905. The zero-order chi connectivity index (χ0) is 22.2. The van der Waals surface area contributed by atoms with Crippen molar-refractivity contribution in [3.8, 4) is 39.6 Å². The van der Waals surface area contributed by atoms with Gasteiger partial charge >= 0.3 is 0 Å². The van der Waals surface area contributed by atoms with Crippen LogP contribution in [0.15, 0.2) is 125 Å². The molecule has 1 aliphatic heterocycles. The Morgan fingerprint density at radius 2 is 1.24 bits per heavy atom. The van der Waals surface area contributed by atoms with Gasteiger partial charge in [0.2, 0.25) is 11.4 Å². The molecule has 158 valence electrons. The van der Waals surface area contributed by atoms with Crippen LogP contribution in [0, 0.1) is 6.92 Å². The van der Waals surface area contributed by atoms with Gasteiger partial charge in [-0.1, -0.05) is 72.4 Å². The quantitative estimate of drug-likeness (QED) is 0.258. The minimum Gasteiger partial charge on any atom is -0.455 e. The van der Waals surface area contributed by atoms with Crippen LogP contribution in [-0.2, 0) is 0 Å². The summed E-state index contributed by atoms with van der Waals surface area (Å²) in [6.07, 6.45) is 0. The second kappa shape index (κ2) is 8.27. The van der Waals surface area contributed by atoms with E-state index in [1.54, 1.807) is 11.8 Å². The largest absolute Gasteiger partial charge is 0.455 e. The molecule has 0 saturated carbocycles. The number of pyridine rings is 1. The Bertz CT molecular complexity index is 1460. The van der Waals surface area contributed by atoms with Crippen LogP contribution < -0.4 is 9.30 Å². The summed E-state index contributed by atoms with van der Waals surface area (Å²) in [5.41, 5.74) is 7.09. The molecule has 4 aromatic carbocycles. The fourth-order valence-corrected chi connectivity index (χ4v) is 5.33. The standard InChI is InChI=1S/C30H22NOS/c1-21-18-24(22-10-4-2-5-11-22)19-26(23-12-6-3-7-13-23)31(21)25-16-17-28-30(20-25)33-29-15-9-8-14-27(29)32-28/h2-20H,1H3/q+1. The smallest absolute Gasteiger partial charge is 0.219 e. The lowest BCUT2D eigenvalue weighted by Crippen LogP contribution is -2.37. The van der Waals surface area contributed by atoms with Crippen molar-refractivity contribution in [3.63, 3.8) is 0 Å². The first-order chi connectivity index (χ1) is 16.3. The number of ether oxygens (including phenoxy) is 1. The number of fused-ring (bicyclic) bond motifs is 2. The molecule has 6 rings (SSSR count). The first-order valence-electron chi connectivity index (χ1n) is 11.0. The summed E-state index contributed by atoms with van der Waals surface area (Å²) in [7, 11) is 0. The molecule has 0 radical (unpaired) electrons. The lowest BCUT2D eigenvalue weighted by Gasteiger charge is -2.19. The van der Waals surface area contributed by atoms with Crippen molar-refractivity contribution < 1.29 is 9.30 Å². The summed E-state index contributed by atoms with van der Waals surface area (Å²) in [5, 5.41) is 0. The van der Waals surface area contributed by atoms with Crippen LogP contribution in [0.5, 0.6) is 11.5 Å². The van der Waals surface area contributed by atoms with E-state index in [0.29, 0.717) is 0 Å². The van der Waals surface area contributed by atoms with Crippen LogP contribution in [0.2, 0.25) is 0 Å². The van der Waals surface area contributed by atoms with Crippen molar-refractivity contribution in [1.82, 2.24) is 0 Å². The molecule has 0 unspecified atom stereocenters. The Balaban J connectivity index is 1.52. The zero-order valence-electron chi connectivity index (χ0n) is 18.2. The highest BCUT2D eigenvalue weighted by atomic mass is 32.2. The van der Waals surface area contributed by atoms with Gasteiger partial charge < -0.3 is 4.74 Å². The van der Waals surface area contributed by atoms with E-state index < -0.39 is 0 Å². The van der Waals surface area contributed by atoms with Crippen molar-refractivity contribution in [2.75, 3.05) is 0 Å². The third-order valence-corrected chi connectivity index (χ3v) is 7.00. The van der Waals surface area contributed by atoms with E-state index in [1.807, 2.05) is 12.1 Å². The lowest BCUT2D eigenvalue weighted by atomic mass is 10.0. The van der Waals surface area contributed by atoms with Gasteiger partial charge in [-0.25, -0.2) is 0 Å². The number of hydrogen-bond donors (Lipinski definition) is 0. The SMILES string of the molecule is Cc1cc(-c2ccccc2)cc(-c2ccccc2)[n+]1-c1ccc2c(c1)Sc1ccccc1O2. The van der Waals surface area contributed by atoms with Crippen LogP contribution in [0.4, 0.5) is 0 Å². The number of aromatic nitrogens is 1. The molecule has 0 bridgehead atoms. The number of para-hydroxylation sites is 1. The molecule has 0 spiro atoms. The van der Waals surface area contributed by atoms with Gasteiger partial charge in [0, 0.05) is 36.8 Å². The van der Waals surface area contributed by atoms with E-state index in [2.05, 4.69) is 115 Å². The third kappa shape index (κ3) is 3.71. The van der Waals surface area contributed by atoms with Crippen molar-refractivity contribution in [2.45, 2.75) is 16.7 Å². The molecule has 0 aliphatic carbocycles. The van der Waals surface area contributed by atoms with E-state index in [1.165, 1.54) is 22.4 Å². The summed E-state index contributed by atoms with van der Waals surface area (Å²) in [4.78, 5) is 2.27. The number of nitrogens with zero attached hydrogens (tertiary/aromatic N) is 1. The van der Waals surface area contributed by atoms with Crippen molar-refractivity contribution in [3.05, 3.63) is 121 Å². The van der Waals surface area contributed by atoms with Crippen LogP contribution in [0.1, 0.15) is 5.69 Å². The number of aryl methyl sites for hydroxylation is 1. The molecule has 5 aromatic rings. The molecule has 0 amide bonds. The second-order valence-corrected chi connectivity index (χ2v) is 9.20. The number of rotatable bonds is 3. The Kier molecular flexibility index (Phi) is 4.97. The molecule has 0 atom stereocenters. The van der Waals surface area contributed by atoms with Gasteiger partial charge in [-0.2, -0.15) is 4.57 Å². The molecule has 2 nitrogen and oxygen atoms in total. The van der Waals surface area contributed by atoms with Gasteiger partial charge in [0.15, 0.2) is 5.69 Å². The first-order valence-corrected chi connectivity index (χ1v) is 11.8. The predicted octanol–water partition coefficient (Wildman–Crippen LogP) is 7.86. The molecule has 33 heavy (non-hydrogen) atoms. The number of hydrogen-bond acceptors (Lipinski definition) is 2. The predicted molar refractivity (Wildman–Crippen MR) is 134 cm³/mol. The van der Waals surface area contributed by atoms with E-state index in [4.69, 9.17) is 4.74 Å². The fourth-order valence-electron chi connectivity index (χ4n) is 4.35. The average molecular weight is 445 g/mol. The maximum Gasteiger partial charge on any atom is 0.219 e. The molecular weight excluding hydrogens is 422 g/mol. The van der Waals surface area contributed by atoms with Crippen LogP contribution in [-0.4, -0.2) is 0 Å². The molecule has 0 saturated heterocycles. The summed E-state index contributed by atoms with van der Waals surface area (Å²) < 4.78 is 8.50. The average Bonchev–Trinajstić information content (AvgIpc) is 2.88. The highest BCUT2D eigenvalue weighted by molar-refractivity contribution is 7.99. The Morgan fingerprint density at radius 3 is 2.03 bits per heavy atom. The van der Waals surface area contributed by atoms with Gasteiger partial charge in [-0.3, -0.25) is 0 Å². The lowest BCUT2D eigenvalue weighted by molar-refractivity contribution is -0.591. The third-order valence-electron chi connectivity index (χ3n) is 5.90. The summed E-state index contributed by atoms with van der Waals surface area (Å²) in [5.74, 6) is 1.83. The van der Waals surface area contributed by atoms with Gasteiger partial charge in [0.1, 0.15) is 11.5 Å². The summed E-state index contributed by atoms with van der Waals surface area (Å²) >= 11 is 1.76.